The lowest BCUT2D eigenvalue weighted by molar-refractivity contribution is -0.112. The Bertz CT molecular complexity index is 440. The Kier molecular flexibility index (Phi) is 1.22. The molecule has 0 saturated heterocycles. The van der Waals surface area contributed by atoms with Crippen molar-refractivity contribution in [1.29, 1.82) is 0 Å². The second kappa shape index (κ2) is 2.10. The molecule has 5 heteroatoms. The standard InChI is InChI=1S/C6H2ClN3O/c7-5-3-1-4(11)10-6(3)9-2-8-5/h1-2H. The van der Waals surface area contributed by atoms with Crippen molar-refractivity contribution in [2.45, 2.75) is 0 Å². The van der Waals surface area contributed by atoms with Crippen molar-refractivity contribution in [3.05, 3.63) is 22.2 Å². The summed E-state index contributed by atoms with van der Waals surface area (Å²) < 4.78 is 0. The summed E-state index contributed by atoms with van der Waals surface area (Å²) in [5.41, 5.74) is 0.356. The largest absolute Gasteiger partial charge is 0.272 e. The molecule has 0 radical (unpaired) electrons. The zero-order chi connectivity index (χ0) is 7.84. The lowest BCUT2D eigenvalue weighted by Gasteiger charge is -1.83. The van der Waals surface area contributed by atoms with Gasteiger partial charge in [-0.2, -0.15) is 4.99 Å². The average Bonchev–Trinajstić information content (AvgIpc) is 2.31. The van der Waals surface area contributed by atoms with Crippen molar-refractivity contribution in [1.82, 2.24) is 9.97 Å². The summed E-state index contributed by atoms with van der Waals surface area (Å²) in [5.74, 6) is -0.331. The van der Waals surface area contributed by atoms with Crippen LogP contribution in [0, 0.1) is 0 Å². The summed E-state index contributed by atoms with van der Waals surface area (Å²) in [4.78, 5) is 21.7. The first kappa shape index (κ1) is 6.42. The Hall–Kier alpha value is -1.29. The van der Waals surface area contributed by atoms with E-state index in [4.69, 9.17) is 11.6 Å². The molecule has 2 heterocycles. The molecule has 1 aliphatic rings. The van der Waals surface area contributed by atoms with E-state index in [2.05, 4.69) is 15.0 Å². The van der Waals surface area contributed by atoms with Gasteiger partial charge in [-0.15, -0.1) is 0 Å². The van der Waals surface area contributed by atoms with Crippen LogP contribution in [0.4, 0.5) is 0 Å². The van der Waals surface area contributed by atoms with Crippen LogP contribution in [0.5, 0.6) is 0 Å². The Morgan fingerprint density at radius 1 is 1.36 bits per heavy atom. The highest BCUT2D eigenvalue weighted by molar-refractivity contribution is 6.30. The molecule has 4 nitrogen and oxygen atoms in total. The third-order valence-electron chi connectivity index (χ3n) is 1.30. The topological polar surface area (TPSA) is 55.2 Å². The predicted molar refractivity (Wildman–Crippen MR) is 37.3 cm³/mol. The molecule has 11 heavy (non-hydrogen) atoms. The molecule has 0 aliphatic carbocycles. The molecular weight excluding hydrogens is 166 g/mol. The maximum Gasteiger partial charge on any atom is 0.272 e. The van der Waals surface area contributed by atoms with Crippen LogP contribution in [-0.2, 0) is 4.79 Å². The van der Waals surface area contributed by atoms with Crippen LogP contribution >= 0.6 is 11.6 Å². The van der Waals surface area contributed by atoms with Gasteiger partial charge in [-0.1, -0.05) is 11.6 Å². The molecule has 0 spiro atoms. The van der Waals surface area contributed by atoms with E-state index >= 15 is 0 Å². The maximum atomic E-state index is 10.7. The summed E-state index contributed by atoms with van der Waals surface area (Å²) >= 11 is 5.64. The minimum Gasteiger partial charge on any atom is -0.267 e. The monoisotopic (exact) mass is 167 g/mol. The van der Waals surface area contributed by atoms with Crippen molar-refractivity contribution in [2.24, 2.45) is 4.99 Å². The van der Waals surface area contributed by atoms with Crippen LogP contribution in [0.15, 0.2) is 11.3 Å². The lowest BCUT2D eigenvalue weighted by Crippen LogP contribution is -2.26. The molecule has 1 aliphatic heterocycles. The number of carbonyl (C=O) groups excluding carboxylic acids is 1. The first-order valence-electron chi connectivity index (χ1n) is 2.88. The second-order valence-corrected chi connectivity index (χ2v) is 2.35. The zero-order valence-corrected chi connectivity index (χ0v) is 6.04. The SMILES string of the molecule is O=C1C=c2c(Cl)ncnc2=N1. The van der Waals surface area contributed by atoms with Crippen LogP contribution in [-0.4, -0.2) is 15.9 Å². The smallest absolute Gasteiger partial charge is 0.267 e. The van der Waals surface area contributed by atoms with Gasteiger partial charge >= 0.3 is 0 Å². The zero-order valence-electron chi connectivity index (χ0n) is 5.28. The summed E-state index contributed by atoms with van der Waals surface area (Å²) in [7, 11) is 0. The fourth-order valence-electron chi connectivity index (χ4n) is 0.839. The van der Waals surface area contributed by atoms with Crippen LogP contribution in [0.2, 0.25) is 5.15 Å². The van der Waals surface area contributed by atoms with E-state index in [1.54, 1.807) is 0 Å². The molecule has 1 aromatic heterocycles. The number of fused-ring (bicyclic) bond motifs is 1. The van der Waals surface area contributed by atoms with Crippen molar-refractivity contribution >= 4 is 23.6 Å². The molecule has 0 unspecified atom stereocenters. The minimum absolute atomic E-state index is 0.268. The molecule has 0 bridgehead atoms. The van der Waals surface area contributed by atoms with Crippen LogP contribution < -0.4 is 10.7 Å². The number of hydrogen-bond donors (Lipinski definition) is 0. The third-order valence-corrected chi connectivity index (χ3v) is 1.60. The van der Waals surface area contributed by atoms with Crippen LogP contribution in [0.1, 0.15) is 0 Å². The highest BCUT2D eigenvalue weighted by atomic mass is 35.5. The predicted octanol–water partition coefficient (Wildman–Crippen LogP) is -0.930. The molecular formula is C6H2ClN3O. The van der Waals surface area contributed by atoms with E-state index in [-0.39, 0.29) is 11.1 Å². The molecule has 2 rings (SSSR count). The number of halogens is 1. The van der Waals surface area contributed by atoms with Crippen molar-refractivity contribution in [3.63, 3.8) is 0 Å². The molecule has 1 amide bonds. The molecule has 54 valence electrons. The number of amides is 1. The Morgan fingerprint density at radius 3 is 2.91 bits per heavy atom. The van der Waals surface area contributed by atoms with Gasteiger partial charge in [0.1, 0.15) is 11.5 Å². The quantitative estimate of drug-likeness (QED) is 0.469. The molecule has 0 saturated carbocycles. The number of rotatable bonds is 0. The van der Waals surface area contributed by atoms with Gasteiger partial charge < -0.3 is 0 Å². The van der Waals surface area contributed by atoms with E-state index in [1.165, 1.54) is 12.4 Å². The molecule has 0 N–H and O–H groups in total. The minimum atomic E-state index is -0.331. The number of hydrogen-bond acceptors (Lipinski definition) is 3. The van der Waals surface area contributed by atoms with Crippen molar-refractivity contribution in [2.75, 3.05) is 0 Å². The normalized spacial score (nSPS) is 13.7. The summed E-state index contributed by atoms with van der Waals surface area (Å²) in [6.07, 6.45) is 2.59. The first-order valence-corrected chi connectivity index (χ1v) is 3.26. The fourth-order valence-corrected chi connectivity index (χ4v) is 1.02. The second-order valence-electron chi connectivity index (χ2n) is 2.00. The number of carbonyl (C=O) groups is 1. The maximum absolute atomic E-state index is 10.7. The Morgan fingerprint density at radius 2 is 2.18 bits per heavy atom. The first-order chi connectivity index (χ1) is 5.27. The van der Waals surface area contributed by atoms with E-state index in [9.17, 15) is 4.79 Å². The molecule has 0 fully saturated rings. The van der Waals surface area contributed by atoms with E-state index in [0.717, 1.165) is 0 Å². The van der Waals surface area contributed by atoms with Gasteiger partial charge in [0.25, 0.3) is 5.91 Å². The molecule has 0 atom stereocenters. The van der Waals surface area contributed by atoms with E-state index in [0.29, 0.717) is 10.7 Å². The average molecular weight is 168 g/mol. The summed E-state index contributed by atoms with van der Waals surface area (Å²) in [6.45, 7) is 0. The highest BCUT2D eigenvalue weighted by Gasteiger charge is 2.06. The van der Waals surface area contributed by atoms with Gasteiger partial charge in [-0.05, 0) is 0 Å². The van der Waals surface area contributed by atoms with Gasteiger partial charge in [0, 0.05) is 6.08 Å². The lowest BCUT2D eigenvalue weighted by atomic mass is 10.4. The number of aromatic nitrogens is 2. The van der Waals surface area contributed by atoms with Crippen LogP contribution in [0.3, 0.4) is 0 Å². The Balaban J connectivity index is 2.97. The van der Waals surface area contributed by atoms with Gasteiger partial charge in [-0.3, -0.25) is 4.79 Å². The van der Waals surface area contributed by atoms with Gasteiger partial charge in [0.05, 0.1) is 5.22 Å². The number of nitrogens with zero attached hydrogens (tertiary/aromatic N) is 3. The molecule has 1 aromatic rings. The molecule has 0 aromatic carbocycles. The van der Waals surface area contributed by atoms with E-state index in [1.807, 2.05) is 0 Å². The van der Waals surface area contributed by atoms with E-state index < -0.39 is 0 Å². The Labute approximate surface area is 66.3 Å². The highest BCUT2D eigenvalue weighted by Crippen LogP contribution is 1.92. The summed E-state index contributed by atoms with van der Waals surface area (Å²) in [5, 5.41) is 0.781. The third kappa shape index (κ3) is 0.914. The van der Waals surface area contributed by atoms with Gasteiger partial charge in [-0.25, -0.2) is 9.97 Å². The van der Waals surface area contributed by atoms with Crippen LogP contribution in [0.25, 0.3) is 6.08 Å². The summed E-state index contributed by atoms with van der Waals surface area (Å²) in [6, 6.07) is 0. The fraction of sp³-hybridized carbons (Fsp3) is 0. The van der Waals surface area contributed by atoms with Crippen molar-refractivity contribution < 1.29 is 4.79 Å². The van der Waals surface area contributed by atoms with Gasteiger partial charge in [0.15, 0.2) is 5.49 Å². The van der Waals surface area contributed by atoms with Gasteiger partial charge in [0.2, 0.25) is 0 Å². The van der Waals surface area contributed by atoms with Crippen molar-refractivity contribution in [3.8, 4) is 0 Å².